The van der Waals surface area contributed by atoms with E-state index in [-0.39, 0.29) is 5.91 Å². The number of hydrogen-bond donors (Lipinski definition) is 2. The molecule has 0 aromatic heterocycles. The monoisotopic (exact) mass is 242 g/mol. The summed E-state index contributed by atoms with van der Waals surface area (Å²) in [4.78, 5) is 13.9. The lowest BCUT2D eigenvalue weighted by atomic mass is 9.98. The lowest BCUT2D eigenvalue weighted by Crippen LogP contribution is -2.33. The molecular weight excluding hydrogens is 216 g/mol. The van der Waals surface area contributed by atoms with E-state index in [1.54, 1.807) is 0 Å². The zero-order valence-corrected chi connectivity index (χ0v) is 11.1. The summed E-state index contributed by atoms with van der Waals surface area (Å²) in [6, 6.07) is 0. The van der Waals surface area contributed by atoms with Crippen LogP contribution in [0.1, 0.15) is 46.0 Å². The Labute approximate surface area is 104 Å². The molecule has 4 heteroatoms. The molecule has 0 spiro atoms. The van der Waals surface area contributed by atoms with Gasteiger partial charge in [-0.2, -0.15) is 0 Å². The second kappa shape index (κ2) is 6.36. The number of rotatable bonds is 4. The Morgan fingerprint density at radius 1 is 1.47 bits per heavy atom. The van der Waals surface area contributed by atoms with Crippen LogP contribution in [0.2, 0.25) is 0 Å². The highest BCUT2D eigenvalue weighted by molar-refractivity contribution is 5.76. The molecule has 1 aliphatic heterocycles. The maximum atomic E-state index is 12.0. The number of nitrogens with zero attached hydrogens (tertiary/aromatic N) is 1. The first-order valence-electron chi connectivity index (χ1n) is 6.65. The van der Waals surface area contributed by atoms with E-state index in [1.807, 2.05) is 11.8 Å². The summed E-state index contributed by atoms with van der Waals surface area (Å²) < 4.78 is 0. The molecule has 4 nitrogen and oxygen atoms in total. The van der Waals surface area contributed by atoms with Gasteiger partial charge < -0.3 is 15.7 Å². The molecule has 17 heavy (non-hydrogen) atoms. The Hall–Kier alpha value is -0.610. The molecule has 0 aromatic rings. The highest BCUT2D eigenvalue weighted by atomic mass is 16.3. The summed E-state index contributed by atoms with van der Waals surface area (Å²) in [7, 11) is 0. The van der Waals surface area contributed by atoms with Crippen molar-refractivity contribution in [1.82, 2.24) is 4.90 Å². The van der Waals surface area contributed by atoms with Gasteiger partial charge in [0.25, 0.3) is 0 Å². The standard InChI is InChI=1S/C13H26N2O2/c1-11(10-14)4-5-12(16)15-8-3-6-13(2,17)7-9-15/h11,17H,3-10,14H2,1-2H3. The normalized spacial score (nSPS) is 27.6. The van der Waals surface area contributed by atoms with E-state index >= 15 is 0 Å². The lowest BCUT2D eigenvalue weighted by Gasteiger charge is -2.23. The van der Waals surface area contributed by atoms with Crippen molar-refractivity contribution in [2.75, 3.05) is 19.6 Å². The zero-order chi connectivity index (χ0) is 12.9. The summed E-state index contributed by atoms with van der Waals surface area (Å²) in [6.07, 6.45) is 3.81. The van der Waals surface area contributed by atoms with Gasteiger partial charge in [-0.05, 0) is 45.1 Å². The Morgan fingerprint density at radius 2 is 2.18 bits per heavy atom. The Morgan fingerprint density at radius 3 is 2.82 bits per heavy atom. The summed E-state index contributed by atoms with van der Waals surface area (Å²) >= 11 is 0. The highest BCUT2D eigenvalue weighted by Crippen LogP contribution is 2.22. The fraction of sp³-hybridized carbons (Fsp3) is 0.923. The third-order valence-corrected chi connectivity index (χ3v) is 3.67. The van der Waals surface area contributed by atoms with Gasteiger partial charge in [-0.1, -0.05) is 6.92 Å². The maximum Gasteiger partial charge on any atom is 0.222 e. The van der Waals surface area contributed by atoms with E-state index in [4.69, 9.17) is 5.73 Å². The van der Waals surface area contributed by atoms with Crippen LogP contribution in [0.15, 0.2) is 0 Å². The smallest absolute Gasteiger partial charge is 0.222 e. The number of carbonyl (C=O) groups is 1. The third-order valence-electron chi connectivity index (χ3n) is 3.67. The van der Waals surface area contributed by atoms with Crippen molar-refractivity contribution < 1.29 is 9.90 Å². The predicted octanol–water partition coefficient (Wildman–Crippen LogP) is 1.12. The first-order chi connectivity index (χ1) is 7.94. The van der Waals surface area contributed by atoms with Crippen LogP contribution in [0.25, 0.3) is 0 Å². The van der Waals surface area contributed by atoms with Crippen LogP contribution in [0.4, 0.5) is 0 Å². The van der Waals surface area contributed by atoms with Crippen LogP contribution in [0, 0.1) is 5.92 Å². The molecule has 0 aliphatic carbocycles. The molecule has 2 unspecified atom stereocenters. The minimum atomic E-state index is -0.598. The number of likely N-dealkylation sites (tertiary alicyclic amines) is 1. The lowest BCUT2D eigenvalue weighted by molar-refractivity contribution is -0.131. The van der Waals surface area contributed by atoms with Gasteiger partial charge in [0, 0.05) is 19.5 Å². The highest BCUT2D eigenvalue weighted by Gasteiger charge is 2.26. The molecule has 1 amide bonds. The molecule has 0 saturated carbocycles. The van der Waals surface area contributed by atoms with Gasteiger partial charge in [-0.3, -0.25) is 4.79 Å². The molecule has 1 rings (SSSR count). The fourth-order valence-corrected chi connectivity index (χ4v) is 2.16. The van der Waals surface area contributed by atoms with Crippen LogP contribution in [0.3, 0.4) is 0 Å². The first-order valence-corrected chi connectivity index (χ1v) is 6.65. The van der Waals surface area contributed by atoms with Gasteiger partial charge in [-0.15, -0.1) is 0 Å². The summed E-state index contributed by atoms with van der Waals surface area (Å²) in [6.45, 7) is 6.04. The van der Waals surface area contributed by atoms with Gasteiger partial charge >= 0.3 is 0 Å². The minimum Gasteiger partial charge on any atom is -0.390 e. The molecule has 3 N–H and O–H groups in total. The molecule has 1 aliphatic rings. The van der Waals surface area contributed by atoms with Crippen LogP contribution in [-0.4, -0.2) is 41.1 Å². The number of carbonyl (C=O) groups excluding carboxylic acids is 1. The van der Waals surface area contributed by atoms with Crippen molar-refractivity contribution in [3.8, 4) is 0 Å². The molecular formula is C13H26N2O2. The topological polar surface area (TPSA) is 66.6 Å². The third kappa shape index (κ3) is 5.04. The molecule has 2 atom stereocenters. The van der Waals surface area contributed by atoms with E-state index in [0.29, 0.717) is 31.8 Å². The first kappa shape index (κ1) is 14.5. The second-order valence-corrected chi connectivity index (χ2v) is 5.61. The maximum absolute atomic E-state index is 12.0. The molecule has 0 aromatic carbocycles. The van der Waals surface area contributed by atoms with Gasteiger partial charge in [0.05, 0.1) is 5.60 Å². The number of nitrogens with two attached hydrogens (primary N) is 1. The fourth-order valence-electron chi connectivity index (χ4n) is 2.16. The van der Waals surface area contributed by atoms with Crippen LogP contribution in [-0.2, 0) is 4.79 Å². The van der Waals surface area contributed by atoms with Crippen molar-refractivity contribution in [3.05, 3.63) is 0 Å². The average molecular weight is 242 g/mol. The summed E-state index contributed by atoms with van der Waals surface area (Å²) in [5.74, 6) is 0.622. The quantitative estimate of drug-likeness (QED) is 0.776. The Balaban J connectivity index is 2.37. The summed E-state index contributed by atoms with van der Waals surface area (Å²) in [5.41, 5.74) is 4.94. The molecule has 0 radical (unpaired) electrons. The molecule has 1 heterocycles. The van der Waals surface area contributed by atoms with E-state index in [2.05, 4.69) is 6.92 Å². The van der Waals surface area contributed by atoms with Crippen molar-refractivity contribution in [1.29, 1.82) is 0 Å². The van der Waals surface area contributed by atoms with Crippen LogP contribution >= 0.6 is 0 Å². The number of amides is 1. The van der Waals surface area contributed by atoms with Crippen LogP contribution < -0.4 is 5.73 Å². The van der Waals surface area contributed by atoms with Crippen molar-refractivity contribution in [3.63, 3.8) is 0 Å². The molecule has 1 saturated heterocycles. The van der Waals surface area contributed by atoms with Gasteiger partial charge in [0.15, 0.2) is 0 Å². The van der Waals surface area contributed by atoms with Gasteiger partial charge in [0.2, 0.25) is 5.91 Å². The predicted molar refractivity (Wildman–Crippen MR) is 68.5 cm³/mol. The number of aliphatic hydroxyl groups is 1. The van der Waals surface area contributed by atoms with Crippen molar-refractivity contribution in [2.45, 2.75) is 51.6 Å². The largest absolute Gasteiger partial charge is 0.390 e. The average Bonchev–Trinajstić information content (AvgIpc) is 2.46. The van der Waals surface area contributed by atoms with E-state index in [0.717, 1.165) is 25.8 Å². The van der Waals surface area contributed by atoms with Gasteiger partial charge in [0.1, 0.15) is 0 Å². The number of hydrogen-bond acceptors (Lipinski definition) is 3. The van der Waals surface area contributed by atoms with E-state index in [9.17, 15) is 9.90 Å². The van der Waals surface area contributed by atoms with Crippen LogP contribution in [0.5, 0.6) is 0 Å². The van der Waals surface area contributed by atoms with E-state index in [1.165, 1.54) is 0 Å². The minimum absolute atomic E-state index is 0.211. The SMILES string of the molecule is CC(CN)CCC(=O)N1CCCC(C)(O)CC1. The van der Waals surface area contributed by atoms with E-state index < -0.39 is 5.60 Å². The molecule has 0 bridgehead atoms. The van der Waals surface area contributed by atoms with Crippen molar-refractivity contribution in [2.24, 2.45) is 11.7 Å². The Kier molecular flexibility index (Phi) is 5.40. The zero-order valence-electron chi connectivity index (χ0n) is 11.1. The van der Waals surface area contributed by atoms with Crippen molar-refractivity contribution >= 4 is 5.91 Å². The van der Waals surface area contributed by atoms with Gasteiger partial charge in [-0.25, -0.2) is 0 Å². The second-order valence-electron chi connectivity index (χ2n) is 5.61. The molecule has 100 valence electrons. The molecule has 1 fully saturated rings. The summed E-state index contributed by atoms with van der Waals surface area (Å²) in [5, 5.41) is 9.96. The Bertz CT molecular complexity index is 254.